The molecule has 0 spiro atoms. The Labute approximate surface area is 149 Å². The first kappa shape index (κ1) is 15.8. The first-order chi connectivity index (χ1) is 12.7. The van der Waals surface area contributed by atoms with Crippen molar-refractivity contribution in [3.63, 3.8) is 0 Å². The van der Waals surface area contributed by atoms with Crippen molar-refractivity contribution >= 4 is 28.7 Å². The lowest BCUT2D eigenvalue weighted by molar-refractivity contribution is 0.915. The molecule has 3 N–H and O–H groups in total. The highest BCUT2D eigenvalue weighted by atomic mass is 15.2. The number of hydrogen-bond acceptors (Lipinski definition) is 5. The van der Waals surface area contributed by atoms with Crippen molar-refractivity contribution in [3.8, 4) is 11.1 Å². The number of nitrogens with one attached hydrogen (secondary N) is 3. The van der Waals surface area contributed by atoms with E-state index in [0.29, 0.717) is 5.82 Å². The Bertz CT molecular complexity index is 1140. The van der Waals surface area contributed by atoms with Crippen molar-refractivity contribution in [2.45, 2.75) is 0 Å². The average molecular weight is 343 g/mol. The minimum absolute atomic E-state index is 0.0199. The van der Waals surface area contributed by atoms with Gasteiger partial charge in [-0.15, -0.1) is 0 Å². The maximum absolute atomic E-state index is 8.17. The van der Waals surface area contributed by atoms with Crippen molar-refractivity contribution in [2.75, 3.05) is 11.9 Å². The lowest BCUT2D eigenvalue weighted by Crippen LogP contribution is -2.26. The molecule has 0 aliphatic rings. The lowest BCUT2D eigenvalue weighted by atomic mass is 10.1. The monoisotopic (exact) mass is 343 g/mol. The van der Waals surface area contributed by atoms with Crippen LogP contribution in [0.3, 0.4) is 0 Å². The second-order valence-corrected chi connectivity index (χ2v) is 5.87. The average Bonchev–Trinajstić information content (AvgIpc) is 3.22. The van der Waals surface area contributed by atoms with Crippen molar-refractivity contribution in [1.29, 1.82) is 10.8 Å². The standard InChI is InChI=1S/C19H17N7/c1-25(15-6-4-5-13(9-15)14-10-22-23-11-14)18-16-7-2-3-8-17(16)26(12-20)19(21)24-18/h2-12,20-21H,1H3,(H,22,23). The number of nitrogens with zero attached hydrogens (tertiary/aromatic N) is 4. The Morgan fingerprint density at radius 3 is 2.73 bits per heavy atom. The van der Waals surface area contributed by atoms with E-state index in [9.17, 15) is 0 Å². The van der Waals surface area contributed by atoms with E-state index >= 15 is 0 Å². The van der Waals surface area contributed by atoms with E-state index in [1.54, 1.807) is 6.20 Å². The highest BCUT2D eigenvalue weighted by Crippen LogP contribution is 2.30. The molecular weight excluding hydrogens is 326 g/mol. The number of hydrogen-bond donors (Lipinski definition) is 3. The summed E-state index contributed by atoms with van der Waals surface area (Å²) >= 11 is 0. The summed E-state index contributed by atoms with van der Waals surface area (Å²) < 4.78 is 1.45. The van der Waals surface area contributed by atoms with Crippen LogP contribution in [0.2, 0.25) is 0 Å². The smallest absolute Gasteiger partial charge is 0.229 e. The SMILES string of the molecule is CN(c1cccc(-c2cn[nH]c2)c1)c1nc(=N)n(C=N)c2ccccc12. The number of fused-ring (bicyclic) bond motifs is 1. The zero-order valence-corrected chi connectivity index (χ0v) is 14.1. The first-order valence-corrected chi connectivity index (χ1v) is 8.08. The number of rotatable bonds is 4. The van der Waals surface area contributed by atoms with E-state index in [4.69, 9.17) is 10.8 Å². The Kier molecular flexibility index (Phi) is 3.81. The molecule has 0 aliphatic carbocycles. The van der Waals surface area contributed by atoms with Gasteiger partial charge in [-0.3, -0.25) is 20.5 Å². The largest absolute Gasteiger partial charge is 0.329 e. The molecule has 0 aliphatic heterocycles. The maximum Gasteiger partial charge on any atom is 0.229 e. The molecule has 0 unspecified atom stereocenters. The third-order valence-electron chi connectivity index (χ3n) is 4.36. The Morgan fingerprint density at radius 1 is 1.12 bits per heavy atom. The zero-order chi connectivity index (χ0) is 18.1. The molecule has 4 rings (SSSR count). The Balaban J connectivity index is 1.87. The summed E-state index contributed by atoms with van der Waals surface area (Å²) in [5.41, 5.74) is 3.80. The molecule has 2 aromatic heterocycles. The molecule has 7 heteroatoms. The van der Waals surface area contributed by atoms with Crippen LogP contribution >= 0.6 is 0 Å². The third kappa shape index (κ3) is 2.55. The van der Waals surface area contributed by atoms with Crippen LogP contribution in [0.5, 0.6) is 0 Å². The van der Waals surface area contributed by atoms with Crippen LogP contribution in [0.1, 0.15) is 0 Å². The lowest BCUT2D eigenvalue weighted by Gasteiger charge is -2.21. The molecule has 0 amide bonds. The van der Waals surface area contributed by atoms with Gasteiger partial charge < -0.3 is 4.90 Å². The summed E-state index contributed by atoms with van der Waals surface area (Å²) in [6.45, 7) is 0. The van der Waals surface area contributed by atoms with E-state index in [2.05, 4.69) is 21.2 Å². The zero-order valence-electron chi connectivity index (χ0n) is 14.1. The summed E-state index contributed by atoms with van der Waals surface area (Å²) in [4.78, 5) is 6.38. The number of benzene rings is 2. The fourth-order valence-electron chi connectivity index (χ4n) is 3.01. The Morgan fingerprint density at radius 2 is 1.96 bits per heavy atom. The van der Waals surface area contributed by atoms with Gasteiger partial charge in [0.2, 0.25) is 5.62 Å². The van der Waals surface area contributed by atoms with Gasteiger partial charge in [-0.05, 0) is 29.8 Å². The number of H-pyrrole nitrogens is 1. The van der Waals surface area contributed by atoms with Gasteiger partial charge >= 0.3 is 0 Å². The number of aromatic amines is 1. The predicted octanol–water partition coefficient (Wildman–Crippen LogP) is 3.13. The van der Waals surface area contributed by atoms with E-state index in [0.717, 1.165) is 34.1 Å². The van der Waals surface area contributed by atoms with Gasteiger partial charge in [-0.1, -0.05) is 24.3 Å². The van der Waals surface area contributed by atoms with Crippen LogP contribution in [-0.2, 0) is 0 Å². The minimum atomic E-state index is 0.0199. The van der Waals surface area contributed by atoms with Gasteiger partial charge in [0.15, 0.2) is 0 Å². The van der Waals surface area contributed by atoms with Crippen LogP contribution in [0.25, 0.3) is 22.0 Å². The van der Waals surface area contributed by atoms with E-state index in [1.807, 2.05) is 60.6 Å². The van der Waals surface area contributed by atoms with E-state index < -0.39 is 0 Å². The van der Waals surface area contributed by atoms with Crippen LogP contribution in [0, 0.1) is 10.8 Å². The molecule has 4 aromatic rings. The highest BCUT2D eigenvalue weighted by molar-refractivity contribution is 5.94. The molecule has 128 valence electrons. The van der Waals surface area contributed by atoms with Crippen molar-refractivity contribution in [3.05, 3.63) is 66.5 Å². The molecule has 2 heterocycles. The van der Waals surface area contributed by atoms with Gasteiger partial charge in [-0.2, -0.15) is 10.1 Å². The summed E-state index contributed by atoms with van der Waals surface area (Å²) in [5.74, 6) is 0.674. The number of para-hydroxylation sites is 1. The van der Waals surface area contributed by atoms with Gasteiger partial charge in [0.25, 0.3) is 0 Å². The molecular formula is C19H17N7. The van der Waals surface area contributed by atoms with E-state index in [-0.39, 0.29) is 5.62 Å². The molecule has 0 saturated carbocycles. The molecule has 7 nitrogen and oxygen atoms in total. The third-order valence-corrected chi connectivity index (χ3v) is 4.36. The van der Waals surface area contributed by atoms with Crippen molar-refractivity contribution in [2.24, 2.45) is 0 Å². The molecule has 0 atom stereocenters. The van der Waals surface area contributed by atoms with Crippen molar-refractivity contribution < 1.29 is 0 Å². The predicted molar refractivity (Wildman–Crippen MR) is 102 cm³/mol. The molecule has 0 radical (unpaired) electrons. The quantitative estimate of drug-likeness (QED) is 0.392. The summed E-state index contributed by atoms with van der Waals surface area (Å²) in [5, 5.41) is 23.4. The van der Waals surface area contributed by atoms with Gasteiger partial charge in [0.05, 0.1) is 18.1 Å². The summed E-state index contributed by atoms with van der Waals surface area (Å²) in [6.07, 6.45) is 4.75. The fourth-order valence-corrected chi connectivity index (χ4v) is 3.01. The van der Waals surface area contributed by atoms with Crippen LogP contribution in [0.4, 0.5) is 11.5 Å². The topological polar surface area (TPSA) is 97.4 Å². The van der Waals surface area contributed by atoms with Crippen molar-refractivity contribution in [1.82, 2.24) is 19.7 Å². The van der Waals surface area contributed by atoms with Crippen LogP contribution in [0.15, 0.2) is 60.9 Å². The Hall–Kier alpha value is -3.74. The van der Waals surface area contributed by atoms with Gasteiger partial charge in [0, 0.05) is 29.9 Å². The van der Waals surface area contributed by atoms with E-state index in [1.165, 1.54) is 4.57 Å². The summed E-state index contributed by atoms with van der Waals surface area (Å²) in [6, 6.07) is 15.7. The van der Waals surface area contributed by atoms with Crippen LogP contribution < -0.4 is 10.5 Å². The molecule has 0 bridgehead atoms. The fraction of sp³-hybridized carbons (Fsp3) is 0.0526. The molecule has 0 fully saturated rings. The number of anilines is 2. The first-order valence-electron chi connectivity index (χ1n) is 8.08. The molecule has 0 saturated heterocycles. The summed E-state index contributed by atoms with van der Waals surface area (Å²) in [7, 11) is 1.93. The molecule has 2 aromatic carbocycles. The highest BCUT2D eigenvalue weighted by Gasteiger charge is 2.13. The normalized spacial score (nSPS) is 10.8. The second kappa shape index (κ2) is 6.29. The minimum Gasteiger partial charge on any atom is -0.329 e. The van der Waals surface area contributed by atoms with Gasteiger partial charge in [-0.25, -0.2) is 0 Å². The second-order valence-electron chi connectivity index (χ2n) is 5.87. The van der Waals surface area contributed by atoms with Gasteiger partial charge in [0.1, 0.15) is 5.82 Å². The number of aromatic nitrogens is 4. The molecule has 26 heavy (non-hydrogen) atoms. The van der Waals surface area contributed by atoms with Crippen LogP contribution in [-0.4, -0.2) is 33.1 Å². The maximum atomic E-state index is 8.17.